The van der Waals surface area contributed by atoms with Crippen molar-refractivity contribution in [3.8, 4) is 0 Å². The number of primary amides is 1. The van der Waals surface area contributed by atoms with Gasteiger partial charge in [-0.1, -0.05) is 13.8 Å². The maximum absolute atomic E-state index is 10.5. The number of carbonyl (C=O) groups excluding carboxylic acids is 1. The van der Waals surface area contributed by atoms with E-state index in [4.69, 9.17) is 5.73 Å². The van der Waals surface area contributed by atoms with Crippen molar-refractivity contribution in [2.45, 2.75) is 26.3 Å². The van der Waals surface area contributed by atoms with Gasteiger partial charge in [-0.15, -0.1) is 0 Å². The molecule has 1 amide bonds. The largest absolute Gasteiger partial charge is 0.365 e. The highest BCUT2D eigenvalue weighted by Crippen LogP contribution is 2.01. The van der Waals surface area contributed by atoms with Crippen LogP contribution in [0.25, 0.3) is 0 Å². The molecule has 54 valence electrons. The number of hydrogen-bond donors (Lipinski definition) is 2. The molecule has 9 heavy (non-hydrogen) atoms. The Labute approximate surface area is 55.4 Å². The first-order valence-corrected chi connectivity index (χ1v) is 3.22. The topological polar surface area (TPSA) is 70.7 Å². The molecule has 0 fully saturated rings. The number of rotatable bonds is 3. The standard InChI is InChI=1S/C6H14N2O/c1-3-4(2)5(7)6(8)9/h4-5H,3,7H2,1-2H3,(H2,8,9)/p+1/t4-,5-/m0/s1. The SMILES string of the molecule is CC[C@H](C)[C@H]([NH3+])C(N)=O. The number of hydrogen-bond acceptors (Lipinski definition) is 1. The third-order valence-corrected chi connectivity index (χ3v) is 1.70. The van der Waals surface area contributed by atoms with E-state index in [9.17, 15) is 4.79 Å². The predicted octanol–water partition coefficient (Wildman–Crippen LogP) is -0.872. The third-order valence-electron chi connectivity index (χ3n) is 1.70. The van der Waals surface area contributed by atoms with Gasteiger partial charge in [-0.2, -0.15) is 0 Å². The van der Waals surface area contributed by atoms with Crippen LogP contribution in [0, 0.1) is 5.92 Å². The molecular formula is C6H15N2O+. The molecular weight excluding hydrogens is 116 g/mol. The van der Waals surface area contributed by atoms with Crippen LogP contribution in [0.15, 0.2) is 0 Å². The van der Waals surface area contributed by atoms with Crippen molar-refractivity contribution in [2.24, 2.45) is 11.7 Å². The Balaban J connectivity index is 3.72. The van der Waals surface area contributed by atoms with Crippen LogP contribution in [0.3, 0.4) is 0 Å². The lowest BCUT2D eigenvalue weighted by Gasteiger charge is -2.09. The molecule has 0 saturated carbocycles. The van der Waals surface area contributed by atoms with Crippen LogP contribution in [0.2, 0.25) is 0 Å². The zero-order valence-electron chi connectivity index (χ0n) is 6.05. The number of amides is 1. The Kier molecular flexibility index (Phi) is 3.24. The van der Waals surface area contributed by atoms with Crippen LogP contribution in [0.1, 0.15) is 20.3 Å². The molecule has 0 radical (unpaired) electrons. The minimum Gasteiger partial charge on any atom is -0.365 e. The van der Waals surface area contributed by atoms with Gasteiger partial charge in [-0.3, -0.25) is 4.79 Å². The second kappa shape index (κ2) is 3.45. The molecule has 0 heterocycles. The van der Waals surface area contributed by atoms with E-state index in [0.717, 1.165) is 6.42 Å². The lowest BCUT2D eigenvalue weighted by molar-refractivity contribution is -0.414. The molecule has 2 atom stereocenters. The number of quaternary nitrogens is 1. The fourth-order valence-corrected chi connectivity index (χ4v) is 0.565. The summed E-state index contributed by atoms with van der Waals surface area (Å²) in [4.78, 5) is 10.5. The van der Waals surface area contributed by atoms with Gasteiger partial charge in [0.05, 0.1) is 0 Å². The summed E-state index contributed by atoms with van der Waals surface area (Å²) in [6, 6.07) is -0.227. The first-order valence-electron chi connectivity index (χ1n) is 3.22. The Morgan fingerprint density at radius 3 is 2.33 bits per heavy atom. The second-order valence-electron chi connectivity index (χ2n) is 2.39. The maximum Gasteiger partial charge on any atom is 0.275 e. The van der Waals surface area contributed by atoms with Gasteiger partial charge in [0.25, 0.3) is 5.91 Å². The molecule has 0 aliphatic rings. The van der Waals surface area contributed by atoms with Crippen molar-refractivity contribution in [1.82, 2.24) is 0 Å². The van der Waals surface area contributed by atoms with Crippen LogP contribution < -0.4 is 11.5 Å². The van der Waals surface area contributed by atoms with Gasteiger partial charge in [0, 0.05) is 5.92 Å². The highest BCUT2D eigenvalue weighted by Gasteiger charge is 2.19. The lowest BCUT2D eigenvalue weighted by atomic mass is 10.00. The van der Waals surface area contributed by atoms with Crippen LogP contribution in [-0.2, 0) is 4.79 Å². The smallest absolute Gasteiger partial charge is 0.275 e. The van der Waals surface area contributed by atoms with Gasteiger partial charge < -0.3 is 11.5 Å². The Morgan fingerprint density at radius 1 is 1.78 bits per heavy atom. The summed E-state index contributed by atoms with van der Waals surface area (Å²) in [6.07, 6.45) is 0.955. The summed E-state index contributed by atoms with van der Waals surface area (Å²) in [5.41, 5.74) is 8.64. The zero-order chi connectivity index (χ0) is 7.44. The van der Waals surface area contributed by atoms with Gasteiger partial charge in [-0.25, -0.2) is 0 Å². The molecule has 0 rings (SSSR count). The molecule has 5 N–H and O–H groups in total. The Bertz CT molecular complexity index is 103. The molecule has 0 bridgehead atoms. The first-order chi connectivity index (χ1) is 4.09. The molecule has 0 spiro atoms. The van der Waals surface area contributed by atoms with Gasteiger partial charge in [-0.05, 0) is 6.42 Å². The minimum absolute atomic E-state index is 0.227. The summed E-state index contributed by atoms with van der Waals surface area (Å²) in [5, 5.41) is 0. The minimum atomic E-state index is -0.302. The van der Waals surface area contributed by atoms with Crippen LogP contribution in [0.5, 0.6) is 0 Å². The van der Waals surface area contributed by atoms with Crippen molar-refractivity contribution < 1.29 is 10.5 Å². The average molecular weight is 131 g/mol. The van der Waals surface area contributed by atoms with E-state index in [0.29, 0.717) is 5.92 Å². The monoisotopic (exact) mass is 131 g/mol. The van der Waals surface area contributed by atoms with E-state index < -0.39 is 0 Å². The molecule has 0 saturated heterocycles. The zero-order valence-corrected chi connectivity index (χ0v) is 6.05. The van der Waals surface area contributed by atoms with Crippen LogP contribution in [-0.4, -0.2) is 11.9 Å². The molecule has 0 aromatic heterocycles. The van der Waals surface area contributed by atoms with Crippen LogP contribution in [0.4, 0.5) is 0 Å². The second-order valence-corrected chi connectivity index (χ2v) is 2.39. The van der Waals surface area contributed by atoms with E-state index in [-0.39, 0.29) is 11.9 Å². The van der Waals surface area contributed by atoms with E-state index >= 15 is 0 Å². The fraction of sp³-hybridized carbons (Fsp3) is 0.833. The molecule has 0 aromatic rings. The van der Waals surface area contributed by atoms with Gasteiger partial charge in [0.1, 0.15) is 0 Å². The number of nitrogens with two attached hydrogens (primary N) is 1. The molecule has 0 aliphatic carbocycles. The number of carbonyl (C=O) groups is 1. The fourth-order valence-electron chi connectivity index (χ4n) is 0.565. The van der Waals surface area contributed by atoms with Gasteiger partial charge >= 0.3 is 0 Å². The summed E-state index contributed by atoms with van der Waals surface area (Å²) < 4.78 is 0. The van der Waals surface area contributed by atoms with Crippen molar-refractivity contribution in [3.05, 3.63) is 0 Å². The highest BCUT2D eigenvalue weighted by atomic mass is 16.1. The maximum atomic E-state index is 10.5. The molecule has 3 nitrogen and oxygen atoms in total. The van der Waals surface area contributed by atoms with E-state index in [1.54, 1.807) is 0 Å². The lowest BCUT2D eigenvalue weighted by Crippen LogP contribution is -2.69. The average Bonchev–Trinajstić information content (AvgIpc) is 1.84. The summed E-state index contributed by atoms with van der Waals surface area (Å²) in [5.74, 6) is 0.00634. The summed E-state index contributed by atoms with van der Waals surface area (Å²) in [6.45, 7) is 3.99. The quantitative estimate of drug-likeness (QED) is 0.513. The molecule has 0 aliphatic heterocycles. The Morgan fingerprint density at radius 2 is 2.22 bits per heavy atom. The van der Waals surface area contributed by atoms with E-state index in [1.807, 2.05) is 13.8 Å². The van der Waals surface area contributed by atoms with Crippen molar-refractivity contribution in [3.63, 3.8) is 0 Å². The van der Waals surface area contributed by atoms with Crippen molar-refractivity contribution in [2.75, 3.05) is 0 Å². The summed E-state index contributed by atoms with van der Waals surface area (Å²) >= 11 is 0. The first kappa shape index (κ1) is 8.43. The highest BCUT2D eigenvalue weighted by molar-refractivity contribution is 5.78. The van der Waals surface area contributed by atoms with Gasteiger partial charge in [0.2, 0.25) is 0 Å². The predicted molar refractivity (Wildman–Crippen MR) is 35.3 cm³/mol. The third kappa shape index (κ3) is 2.46. The van der Waals surface area contributed by atoms with E-state index in [2.05, 4.69) is 5.73 Å². The Hall–Kier alpha value is -0.570. The molecule has 0 aromatic carbocycles. The van der Waals surface area contributed by atoms with Crippen molar-refractivity contribution >= 4 is 5.91 Å². The summed E-state index contributed by atoms with van der Waals surface area (Å²) in [7, 11) is 0. The molecule has 0 unspecified atom stereocenters. The van der Waals surface area contributed by atoms with Crippen molar-refractivity contribution in [1.29, 1.82) is 0 Å². The van der Waals surface area contributed by atoms with Crippen LogP contribution >= 0.6 is 0 Å². The molecule has 3 heteroatoms. The normalized spacial score (nSPS) is 16.8. The van der Waals surface area contributed by atoms with Gasteiger partial charge in [0.15, 0.2) is 6.04 Å². The van der Waals surface area contributed by atoms with E-state index in [1.165, 1.54) is 0 Å².